The predicted molar refractivity (Wildman–Crippen MR) is 100 cm³/mol. The molecular weight excluding hydrogens is 353 g/mol. The molecule has 3 aromatic rings. The zero-order chi connectivity index (χ0) is 18.1. The minimum atomic E-state index is -0.364. The molecule has 26 heavy (non-hydrogen) atoms. The molecule has 136 valence electrons. The van der Waals surface area contributed by atoms with Crippen molar-refractivity contribution in [3.05, 3.63) is 56.7 Å². The summed E-state index contributed by atoms with van der Waals surface area (Å²) in [6.45, 7) is 1.46. The van der Waals surface area contributed by atoms with Crippen LogP contribution in [-0.4, -0.2) is 35.1 Å². The van der Waals surface area contributed by atoms with Crippen LogP contribution >= 0.6 is 11.3 Å². The van der Waals surface area contributed by atoms with Crippen molar-refractivity contribution in [1.29, 1.82) is 0 Å². The fourth-order valence-corrected chi connectivity index (χ4v) is 4.61. The number of H-pyrrole nitrogens is 1. The Morgan fingerprint density at radius 3 is 3.04 bits per heavy atom. The number of benzene rings is 1. The number of hydrogen-bond acceptors (Lipinski definition) is 5. The number of rotatable bonds is 6. The number of aryl methyl sites for hydroxylation is 2. The minimum absolute atomic E-state index is 0.0413. The normalized spacial score (nSPS) is 13.5. The van der Waals surface area contributed by atoms with Crippen LogP contribution in [0.5, 0.6) is 5.75 Å². The molecule has 5 nitrogen and oxygen atoms in total. The lowest BCUT2D eigenvalue weighted by molar-refractivity contribution is 0.224. The lowest BCUT2D eigenvalue weighted by Crippen LogP contribution is -2.26. The molecule has 1 aliphatic rings. The van der Waals surface area contributed by atoms with E-state index in [0.717, 1.165) is 29.5 Å². The van der Waals surface area contributed by atoms with Crippen LogP contribution in [0.1, 0.15) is 22.7 Å². The van der Waals surface area contributed by atoms with Gasteiger partial charge in [0, 0.05) is 11.4 Å². The van der Waals surface area contributed by atoms with Gasteiger partial charge in [0.2, 0.25) is 0 Å². The summed E-state index contributed by atoms with van der Waals surface area (Å²) in [4.78, 5) is 24.2. The molecule has 0 saturated carbocycles. The Kier molecular flexibility index (Phi) is 4.74. The zero-order valence-electron chi connectivity index (χ0n) is 14.5. The van der Waals surface area contributed by atoms with Gasteiger partial charge in [0.15, 0.2) is 11.6 Å². The van der Waals surface area contributed by atoms with E-state index in [4.69, 9.17) is 4.74 Å². The second-order valence-electron chi connectivity index (χ2n) is 6.57. The molecule has 0 spiro atoms. The van der Waals surface area contributed by atoms with Gasteiger partial charge in [0.25, 0.3) is 5.56 Å². The SMILES string of the molecule is CN(CCOc1ccccc1F)Cc1nc2sc3c(c2c(=O)[nH]1)CCC3. The third-order valence-corrected chi connectivity index (χ3v) is 5.80. The third-order valence-electron chi connectivity index (χ3n) is 4.61. The number of nitrogens with zero attached hydrogens (tertiary/aromatic N) is 2. The molecule has 0 unspecified atom stereocenters. The summed E-state index contributed by atoms with van der Waals surface area (Å²) in [5.74, 6) is 0.537. The Morgan fingerprint density at radius 2 is 2.19 bits per heavy atom. The van der Waals surface area contributed by atoms with E-state index in [2.05, 4.69) is 9.97 Å². The molecule has 4 rings (SSSR count). The van der Waals surface area contributed by atoms with Crippen LogP contribution in [0.2, 0.25) is 0 Å². The van der Waals surface area contributed by atoms with E-state index in [-0.39, 0.29) is 17.1 Å². The van der Waals surface area contributed by atoms with Crippen LogP contribution in [0, 0.1) is 5.82 Å². The Labute approximate surface area is 154 Å². The zero-order valence-corrected chi connectivity index (χ0v) is 15.4. The number of hydrogen-bond donors (Lipinski definition) is 1. The molecule has 0 fully saturated rings. The van der Waals surface area contributed by atoms with Gasteiger partial charge in [-0.1, -0.05) is 12.1 Å². The van der Waals surface area contributed by atoms with Gasteiger partial charge in [-0.05, 0) is 44.0 Å². The van der Waals surface area contributed by atoms with E-state index in [1.54, 1.807) is 29.5 Å². The van der Waals surface area contributed by atoms with Gasteiger partial charge in [-0.2, -0.15) is 0 Å². The maximum absolute atomic E-state index is 13.5. The minimum Gasteiger partial charge on any atom is -0.489 e. The van der Waals surface area contributed by atoms with Crippen LogP contribution < -0.4 is 10.3 Å². The number of para-hydroxylation sites is 1. The van der Waals surface area contributed by atoms with Gasteiger partial charge >= 0.3 is 0 Å². The molecule has 1 aliphatic carbocycles. The number of aromatic nitrogens is 2. The summed E-state index contributed by atoms with van der Waals surface area (Å²) in [5, 5.41) is 0.775. The van der Waals surface area contributed by atoms with Crippen molar-refractivity contribution >= 4 is 21.6 Å². The van der Waals surface area contributed by atoms with Crippen LogP contribution in [0.4, 0.5) is 4.39 Å². The molecule has 0 radical (unpaired) electrons. The molecule has 0 atom stereocenters. The number of halogens is 1. The van der Waals surface area contributed by atoms with Crippen LogP contribution in [-0.2, 0) is 19.4 Å². The lowest BCUT2D eigenvalue weighted by Gasteiger charge is -2.16. The fraction of sp³-hybridized carbons (Fsp3) is 0.368. The van der Waals surface area contributed by atoms with E-state index in [1.807, 2.05) is 11.9 Å². The van der Waals surface area contributed by atoms with Gasteiger partial charge in [0.1, 0.15) is 17.3 Å². The van der Waals surface area contributed by atoms with Crippen LogP contribution in [0.3, 0.4) is 0 Å². The summed E-state index contributed by atoms with van der Waals surface area (Å²) in [7, 11) is 1.92. The van der Waals surface area contributed by atoms with Crippen molar-refractivity contribution < 1.29 is 9.13 Å². The second kappa shape index (κ2) is 7.17. The van der Waals surface area contributed by atoms with Crippen LogP contribution in [0.15, 0.2) is 29.1 Å². The van der Waals surface area contributed by atoms with Crippen molar-refractivity contribution in [3.63, 3.8) is 0 Å². The number of likely N-dealkylation sites (N-methyl/N-ethyl adjacent to an activating group) is 1. The van der Waals surface area contributed by atoms with Gasteiger partial charge < -0.3 is 9.72 Å². The largest absolute Gasteiger partial charge is 0.489 e. The smallest absolute Gasteiger partial charge is 0.259 e. The highest BCUT2D eigenvalue weighted by Gasteiger charge is 2.21. The fourth-order valence-electron chi connectivity index (χ4n) is 3.33. The van der Waals surface area contributed by atoms with E-state index >= 15 is 0 Å². The Bertz CT molecular complexity index is 998. The molecule has 1 aromatic carbocycles. The van der Waals surface area contributed by atoms with Crippen molar-refractivity contribution in [2.75, 3.05) is 20.2 Å². The topological polar surface area (TPSA) is 58.2 Å². The van der Waals surface area contributed by atoms with Gasteiger partial charge in [-0.3, -0.25) is 9.69 Å². The van der Waals surface area contributed by atoms with Crippen LogP contribution in [0.25, 0.3) is 10.2 Å². The summed E-state index contributed by atoms with van der Waals surface area (Å²) < 4.78 is 19.0. The predicted octanol–water partition coefficient (Wildman–Crippen LogP) is 3.12. The number of nitrogens with one attached hydrogen (secondary N) is 1. The highest BCUT2D eigenvalue weighted by molar-refractivity contribution is 7.18. The van der Waals surface area contributed by atoms with E-state index in [1.165, 1.54) is 16.5 Å². The van der Waals surface area contributed by atoms with E-state index in [0.29, 0.717) is 25.5 Å². The molecule has 0 amide bonds. The van der Waals surface area contributed by atoms with Crippen molar-refractivity contribution in [1.82, 2.24) is 14.9 Å². The Balaban J connectivity index is 1.41. The quantitative estimate of drug-likeness (QED) is 0.721. The van der Waals surface area contributed by atoms with E-state index in [9.17, 15) is 9.18 Å². The van der Waals surface area contributed by atoms with Crippen molar-refractivity contribution in [2.45, 2.75) is 25.8 Å². The summed E-state index contributed by atoms with van der Waals surface area (Å²) >= 11 is 1.64. The van der Waals surface area contributed by atoms with Gasteiger partial charge in [-0.15, -0.1) is 11.3 Å². The molecule has 0 aliphatic heterocycles. The first-order chi connectivity index (χ1) is 12.6. The summed E-state index contributed by atoms with van der Waals surface area (Å²) in [5.41, 5.74) is 1.15. The average Bonchev–Trinajstić information content (AvgIpc) is 3.17. The first-order valence-electron chi connectivity index (χ1n) is 8.71. The number of fused-ring (bicyclic) bond motifs is 3. The van der Waals surface area contributed by atoms with Gasteiger partial charge in [-0.25, -0.2) is 9.37 Å². The van der Waals surface area contributed by atoms with Crippen molar-refractivity contribution in [3.8, 4) is 5.75 Å². The highest BCUT2D eigenvalue weighted by atomic mass is 32.1. The maximum Gasteiger partial charge on any atom is 0.259 e. The third kappa shape index (κ3) is 3.37. The first-order valence-corrected chi connectivity index (χ1v) is 9.53. The van der Waals surface area contributed by atoms with Crippen molar-refractivity contribution in [2.24, 2.45) is 0 Å². The molecule has 0 bridgehead atoms. The second-order valence-corrected chi connectivity index (χ2v) is 7.65. The maximum atomic E-state index is 13.5. The Morgan fingerprint density at radius 1 is 1.35 bits per heavy atom. The number of thiophene rings is 1. The first kappa shape index (κ1) is 17.2. The molecule has 0 saturated heterocycles. The number of aromatic amines is 1. The van der Waals surface area contributed by atoms with Gasteiger partial charge in [0.05, 0.1) is 11.9 Å². The molecular formula is C19H20FN3O2S. The lowest BCUT2D eigenvalue weighted by atomic mass is 10.2. The standard InChI is InChI=1S/C19H20FN3O2S/c1-23(9-10-25-14-7-3-2-6-13(14)20)11-16-21-18(24)17-12-5-4-8-15(12)26-19(17)22-16/h2-3,6-7H,4-5,8-11H2,1H3,(H,21,22,24). The Hall–Kier alpha value is -2.25. The average molecular weight is 373 g/mol. The number of ether oxygens (including phenoxy) is 1. The van der Waals surface area contributed by atoms with E-state index < -0.39 is 0 Å². The summed E-state index contributed by atoms with van der Waals surface area (Å²) in [6.07, 6.45) is 3.16. The molecule has 1 N–H and O–H groups in total. The monoisotopic (exact) mass is 373 g/mol. The highest BCUT2D eigenvalue weighted by Crippen LogP contribution is 2.34. The summed E-state index contributed by atoms with van der Waals surface area (Å²) in [6, 6.07) is 6.36. The molecule has 7 heteroatoms. The molecule has 2 aromatic heterocycles. The molecule has 2 heterocycles.